The zero-order valence-electron chi connectivity index (χ0n) is 7.49. The topological polar surface area (TPSA) is 84.9 Å². The van der Waals surface area contributed by atoms with Crippen LogP contribution in [0.3, 0.4) is 0 Å². The van der Waals surface area contributed by atoms with Gasteiger partial charge in [-0.05, 0) is 0 Å². The molecule has 0 unspecified atom stereocenters. The lowest BCUT2D eigenvalue weighted by atomic mass is 10.8. The van der Waals surface area contributed by atoms with Crippen molar-refractivity contribution in [1.82, 2.24) is 10.8 Å². The maximum atomic E-state index is 10.5. The van der Waals surface area contributed by atoms with Crippen LogP contribution in [0.15, 0.2) is 0 Å². The number of nitrogens with zero attached hydrogens (tertiary/aromatic N) is 1. The van der Waals surface area contributed by atoms with Crippen molar-refractivity contribution < 1.29 is 24.1 Å². The van der Waals surface area contributed by atoms with Gasteiger partial charge in [0.25, 0.3) is 0 Å². The van der Waals surface area contributed by atoms with Crippen molar-refractivity contribution in [2.75, 3.05) is 0 Å². The van der Waals surface area contributed by atoms with Crippen LogP contribution in [0.2, 0.25) is 0 Å². The standard InChI is InChI=1S/C6H10N2O5/c1-4(9)7-8(12-5(2)10)13-6(3)11/h1-3H3,(H,7,9). The molecule has 0 fully saturated rings. The molecule has 0 saturated carbocycles. The first-order valence-electron chi connectivity index (χ1n) is 3.36. The van der Waals surface area contributed by atoms with Gasteiger partial charge in [0.05, 0.1) is 0 Å². The second-order valence-corrected chi connectivity index (χ2v) is 2.09. The summed E-state index contributed by atoms with van der Waals surface area (Å²) in [6, 6.07) is 0. The van der Waals surface area contributed by atoms with Gasteiger partial charge in [0.1, 0.15) is 5.34 Å². The Kier molecular flexibility index (Phi) is 4.45. The fourth-order valence-corrected chi connectivity index (χ4v) is 0.426. The van der Waals surface area contributed by atoms with Crippen LogP contribution < -0.4 is 5.43 Å². The number of hydrogen-bond donors (Lipinski definition) is 1. The van der Waals surface area contributed by atoms with E-state index in [0.717, 1.165) is 13.8 Å². The zero-order chi connectivity index (χ0) is 10.4. The van der Waals surface area contributed by atoms with Gasteiger partial charge in [0.15, 0.2) is 0 Å². The number of rotatable bonds is 3. The molecule has 0 bridgehead atoms. The first kappa shape index (κ1) is 11.4. The van der Waals surface area contributed by atoms with Crippen molar-refractivity contribution in [2.24, 2.45) is 0 Å². The molecule has 7 heteroatoms. The van der Waals surface area contributed by atoms with Crippen LogP contribution in [-0.4, -0.2) is 23.2 Å². The summed E-state index contributed by atoms with van der Waals surface area (Å²) < 4.78 is 0. The minimum atomic E-state index is -0.727. The average molecular weight is 190 g/mol. The van der Waals surface area contributed by atoms with Crippen LogP contribution in [0.1, 0.15) is 20.8 Å². The summed E-state index contributed by atoms with van der Waals surface area (Å²) >= 11 is 0. The van der Waals surface area contributed by atoms with Gasteiger partial charge >= 0.3 is 11.9 Å². The minimum absolute atomic E-state index is 0.299. The molecule has 0 heterocycles. The van der Waals surface area contributed by atoms with Crippen molar-refractivity contribution >= 4 is 17.8 Å². The zero-order valence-corrected chi connectivity index (χ0v) is 7.49. The third kappa shape index (κ3) is 6.76. The molecule has 0 radical (unpaired) electrons. The molecule has 0 atom stereocenters. The van der Waals surface area contributed by atoms with E-state index in [2.05, 4.69) is 9.68 Å². The van der Waals surface area contributed by atoms with E-state index in [-0.39, 0.29) is 0 Å². The molecule has 7 nitrogen and oxygen atoms in total. The third-order valence-corrected chi connectivity index (χ3v) is 0.672. The van der Waals surface area contributed by atoms with Gasteiger partial charge in [-0.1, -0.05) is 0 Å². The monoisotopic (exact) mass is 190 g/mol. The largest absolute Gasteiger partial charge is 0.328 e. The third-order valence-electron chi connectivity index (χ3n) is 0.672. The Balaban J connectivity index is 4.10. The summed E-state index contributed by atoms with van der Waals surface area (Å²) in [5, 5.41) is 0.299. The number of carbonyl (C=O) groups is 3. The van der Waals surface area contributed by atoms with E-state index in [1.54, 1.807) is 0 Å². The van der Waals surface area contributed by atoms with E-state index >= 15 is 0 Å². The molecule has 0 aliphatic rings. The van der Waals surface area contributed by atoms with Crippen LogP contribution in [0.4, 0.5) is 0 Å². The van der Waals surface area contributed by atoms with Gasteiger partial charge in [-0.3, -0.25) is 14.4 Å². The van der Waals surface area contributed by atoms with Crippen LogP contribution in [0, 0.1) is 0 Å². The van der Waals surface area contributed by atoms with Crippen molar-refractivity contribution in [3.63, 3.8) is 0 Å². The highest BCUT2D eigenvalue weighted by molar-refractivity contribution is 5.73. The Morgan fingerprint density at radius 1 is 1.00 bits per heavy atom. The lowest BCUT2D eigenvalue weighted by Crippen LogP contribution is -2.43. The maximum absolute atomic E-state index is 10.5. The Labute approximate surface area is 74.5 Å². The first-order valence-corrected chi connectivity index (χ1v) is 3.36. The Morgan fingerprint density at radius 3 is 1.62 bits per heavy atom. The van der Waals surface area contributed by atoms with Crippen molar-refractivity contribution in [2.45, 2.75) is 20.8 Å². The van der Waals surface area contributed by atoms with E-state index in [1.807, 2.05) is 5.43 Å². The Bertz CT molecular complexity index is 189. The van der Waals surface area contributed by atoms with Crippen LogP contribution in [-0.2, 0) is 24.1 Å². The predicted molar refractivity (Wildman–Crippen MR) is 39.2 cm³/mol. The quantitative estimate of drug-likeness (QED) is 0.592. The fourth-order valence-electron chi connectivity index (χ4n) is 0.426. The highest BCUT2D eigenvalue weighted by atomic mass is 17.0. The lowest BCUT2D eigenvalue weighted by molar-refractivity contribution is -0.344. The maximum Gasteiger partial charge on any atom is 0.328 e. The second kappa shape index (κ2) is 5.09. The van der Waals surface area contributed by atoms with Crippen LogP contribution in [0.25, 0.3) is 0 Å². The molecular weight excluding hydrogens is 180 g/mol. The summed E-state index contributed by atoms with van der Waals surface area (Å²) in [5.74, 6) is -1.99. The Hall–Kier alpha value is -1.63. The average Bonchev–Trinajstić information content (AvgIpc) is 1.80. The van der Waals surface area contributed by atoms with Gasteiger partial charge in [0, 0.05) is 20.8 Å². The van der Waals surface area contributed by atoms with Crippen LogP contribution in [0.5, 0.6) is 0 Å². The number of hydrogen-bond acceptors (Lipinski definition) is 6. The molecule has 0 aliphatic heterocycles. The van der Waals surface area contributed by atoms with E-state index in [9.17, 15) is 14.4 Å². The molecule has 13 heavy (non-hydrogen) atoms. The predicted octanol–water partition coefficient (Wildman–Crippen LogP) is -0.704. The molecular formula is C6H10N2O5. The van der Waals surface area contributed by atoms with Gasteiger partial charge in [0.2, 0.25) is 5.91 Å². The number of amides is 1. The van der Waals surface area contributed by atoms with E-state index in [0.29, 0.717) is 5.34 Å². The highest BCUT2D eigenvalue weighted by Crippen LogP contribution is 1.89. The van der Waals surface area contributed by atoms with Gasteiger partial charge in [-0.15, -0.1) is 0 Å². The summed E-state index contributed by atoms with van der Waals surface area (Å²) in [4.78, 5) is 39.9. The number of carbonyl (C=O) groups excluding carboxylic acids is 3. The van der Waals surface area contributed by atoms with Crippen molar-refractivity contribution in [1.29, 1.82) is 0 Å². The van der Waals surface area contributed by atoms with E-state index in [4.69, 9.17) is 0 Å². The lowest BCUT2D eigenvalue weighted by Gasteiger charge is -2.16. The van der Waals surface area contributed by atoms with Gasteiger partial charge in [-0.2, -0.15) is 0 Å². The molecule has 0 aromatic carbocycles. The number of nitrogens with one attached hydrogen (secondary N) is 1. The second-order valence-electron chi connectivity index (χ2n) is 2.09. The smallest absolute Gasteiger partial charge is 0.315 e. The summed E-state index contributed by atoms with van der Waals surface area (Å²) in [7, 11) is 0. The molecule has 1 N–H and O–H groups in total. The van der Waals surface area contributed by atoms with Gasteiger partial charge in [-0.25, -0.2) is 5.43 Å². The number of hydrazine groups is 1. The van der Waals surface area contributed by atoms with Crippen molar-refractivity contribution in [3.05, 3.63) is 0 Å². The molecule has 0 aliphatic carbocycles. The SMILES string of the molecule is CC(=O)NN(OC(C)=O)OC(C)=O. The molecule has 0 aromatic rings. The molecule has 0 saturated heterocycles. The first-order chi connectivity index (χ1) is 5.91. The molecule has 1 amide bonds. The van der Waals surface area contributed by atoms with Crippen LogP contribution >= 0.6 is 0 Å². The molecule has 74 valence electrons. The minimum Gasteiger partial charge on any atom is -0.315 e. The van der Waals surface area contributed by atoms with Gasteiger partial charge < -0.3 is 9.68 Å². The molecule has 0 aromatic heterocycles. The van der Waals surface area contributed by atoms with Crippen molar-refractivity contribution in [3.8, 4) is 0 Å². The van der Waals surface area contributed by atoms with E-state index in [1.165, 1.54) is 6.92 Å². The highest BCUT2D eigenvalue weighted by Gasteiger charge is 2.13. The normalized spacial score (nSPS) is 9.23. The molecule has 0 rings (SSSR count). The van der Waals surface area contributed by atoms with E-state index < -0.39 is 17.8 Å². The summed E-state index contributed by atoms with van der Waals surface area (Å²) in [6.45, 7) is 3.36. The summed E-state index contributed by atoms with van der Waals surface area (Å²) in [6.07, 6.45) is 0. The summed E-state index contributed by atoms with van der Waals surface area (Å²) in [5.41, 5.74) is 1.95. The fraction of sp³-hybridized carbons (Fsp3) is 0.500. The Morgan fingerprint density at radius 2 is 1.38 bits per heavy atom. The molecule has 0 spiro atoms.